The molecule has 3 saturated carbocycles. The van der Waals surface area contributed by atoms with Crippen molar-refractivity contribution in [1.29, 1.82) is 0 Å². The molecular formula is C30H48O4. The minimum absolute atomic E-state index is 0.00673. The number of hydrogen-bond donors (Lipinski definition) is 4. The Morgan fingerprint density at radius 3 is 2.21 bits per heavy atom. The molecule has 5 aliphatic rings. The van der Waals surface area contributed by atoms with Gasteiger partial charge in [-0.3, -0.25) is 0 Å². The molecule has 0 bridgehead atoms. The van der Waals surface area contributed by atoms with Gasteiger partial charge in [-0.15, -0.1) is 0 Å². The number of aliphatic hydroxyl groups is 4. The molecule has 0 aliphatic heterocycles. The summed E-state index contributed by atoms with van der Waals surface area (Å²) in [7, 11) is 0. The first-order valence-corrected chi connectivity index (χ1v) is 13.7. The number of allylic oxidation sites excluding steroid dienone is 3. The van der Waals surface area contributed by atoms with Crippen molar-refractivity contribution in [3.63, 3.8) is 0 Å². The van der Waals surface area contributed by atoms with Crippen molar-refractivity contribution >= 4 is 0 Å². The van der Waals surface area contributed by atoms with Crippen molar-refractivity contribution in [3.05, 3.63) is 23.3 Å². The molecule has 0 unspecified atom stereocenters. The number of aliphatic hydroxyl groups excluding tert-OH is 4. The first kappa shape index (κ1) is 25.0. The van der Waals surface area contributed by atoms with Gasteiger partial charge in [0.05, 0.1) is 25.4 Å². The minimum Gasteiger partial charge on any atom is -0.396 e. The maximum atomic E-state index is 11.3. The third-order valence-corrected chi connectivity index (χ3v) is 12.6. The fourth-order valence-electron chi connectivity index (χ4n) is 10.2. The summed E-state index contributed by atoms with van der Waals surface area (Å²) in [6, 6.07) is 0. The van der Waals surface area contributed by atoms with E-state index in [1.807, 2.05) is 0 Å². The fraction of sp³-hybridized carbons (Fsp3) is 0.867. The fourth-order valence-corrected chi connectivity index (χ4v) is 10.2. The van der Waals surface area contributed by atoms with Crippen LogP contribution in [-0.4, -0.2) is 45.8 Å². The predicted molar refractivity (Wildman–Crippen MR) is 135 cm³/mol. The highest BCUT2D eigenvalue weighted by Gasteiger charge is 2.67. The second-order valence-electron chi connectivity index (χ2n) is 14.7. The Morgan fingerprint density at radius 2 is 1.56 bits per heavy atom. The Balaban J connectivity index is 1.67. The van der Waals surface area contributed by atoms with E-state index in [0.717, 1.165) is 51.4 Å². The maximum absolute atomic E-state index is 11.3. The lowest BCUT2D eigenvalue weighted by molar-refractivity contribution is -0.199. The molecule has 9 atom stereocenters. The van der Waals surface area contributed by atoms with E-state index >= 15 is 0 Å². The highest BCUT2D eigenvalue weighted by Crippen LogP contribution is 2.74. The second-order valence-corrected chi connectivity index (χ2v) is 14.7. The van der Waals surface area contributed by atoms with Crippen molar-refractivity contribution in [1.82, 2.24) is 0 Å². The van der Waals surface area contributed by atoms with Crippen LogP contribution < -0.4 is 0 Å². The molecule has 5 rings (SSSR count). The highest BCUT2D eigenvalue weighted by atomic mass is 16.3. The van der Waals surface area contributed by atoms with Gasteiger partial charge in [-0.05, 0) is 90.4 Å². The normalized spacial score (nSPS) is 54.1. The smallest absolute Gasteiger partial charge is 0.0661 e. The molecule has 0 aromatic heterocycles. The van der Waals surface area contributed by atoms with Gasteiger partial charge in [-0.2, -0.15) is 0 Å². The molecule has 192 valence electrons. The molecule has 0 amide bonds. The van der Waals surface area contributed by atoms with Crippen molar-refractivity contribution in [2.75, 3.05) is 13.2 Å². The molecule has 4 N–H and O–H groups in total. The van der Waals surface area contributed by atoms with Crippen LogP contribution in [0.5, 0.6) is 0 Å². The van der Waals surface area contributed by atoms with Crippen LogP contribution >= 0.6 is 0 Å². The van der Waals surface area contributed by atoms with Gasteiger partial charge in [0.1, 0.15) is 0 Å². The van der Waals surface area contributed by atoms with E-state index in [1.165, 1.54) is 11.1 Å². The average molecular weight is 473 g/mol. The van der Waals surface area contributed by atoms with Crippen LogP contribution in [0.15, 0.2) is 23.3 Å². The van der Waals surface area contributed by atoms with Crippen molar-refractivity contribution < 1.29 is 20.4 Å². The zero-order chi connectivity index (χ0) is 24.9. The molecule has 3 fully saturated rings. The van der Waals surface area contributed by atoms with Crippen molar-refractivity contribution in [2.45, 2.75) is 105 Å². The predicted octanol–water partition coefficient (Wildman–Crippen LogP) is 5.00. The standard InChI is InChI=1S/C30H48O4/c1-25(2)15-20-19-7-8-22-26(3)11-10-23(33)27(4,17-31)21(26)9-12-29(22,6)28(19,5)13-14-30(20,18-32)24(34)16-25/h7-8,21-24,31-34H,9-18H2,1-6H3/t21-,22+,23+,24+,26-,27-,28+,29+,30-/m0/s1. The summed E-state index contributed by atoms with van der Waals surface area (Å²) in [5, 5.41) is 43.2. The van der Waals surface area contributed by atoms with Crippen LogP contribution in [0.25, 0.3) is 0 Å². The topological polar surface area (TPSA) is 80.9 Å². The Hall–Kier alpha value is -0.680. The monoisotopic (exact) mass is 472 g/mol. The lowest BCUT2D eigenvalue weighted by Crippen LogP contribution is -2.64. The summed E-state index contributed by atoms with van der Waals surface area (Å²) < 4.78 is 0. The number of rotatable bonds is 2. The van der Waals surface area contributed by atoms with E-state index < -0.39 is 23.0 Å². The molecule has 0 aromatic rings. The lowest BCUT2D eigenvalue weighted by Gasteiger charge is -2.69. The summed E-state index contributed by atoms with van der Waals surface area (Å²) in [6.07, 6.45) is 11.3. The van der Waals surface area contributed by atoms with Crippen molar-refractivity contribution in [3.8, 4) is 0 Å². The van der Waals surface area contributed by atoms with E-state index in [1.54, 1.807) is 0 Å². The maximum Gasteiger partial charge on any atom is 0.0661 e. The first-order chi connectivity index (χ1) is 15.7. The van der Waals surface area contributed by atoms with E-state index in [2.05, 4.69) is 53.7 Å². The Morgan fingerprint density at radius 1 is 0.853 bits per heavy atom. The van der Waals surface area contributed by atoms with Crippen LogP contribution in [-0.2, 0) is 0 Å². The third-order valence-electron chi connectivity index (χ3n) is 12.6. The molecule has 34 heavy (non-hydrogen) atoms. The molecule has 5 aliphatic carbocycles. The average Bonchev–Trinajstić information content (AvgIpc) is 2.76. The quantitative estimate of drug-likeness (QED) is 0.456. The molecule has 4 nitrogen and oxygen atoms in total. The van der Waals surface area contributed by atoms with Crippen molar-refractivity contribution in [2.24, 2.45) is 44.3 Å². The molecule has 0 spiro atoms. The lowest BCUT2D eigenvalue weighted by atomic mass is 9.35. The van der Waals surface area contributed by atoms with Crippen LogP contribution in [0.2, 0.25) is 0 Å². The van der Waals surface area contributed by atoms with Gasteiger partial charge < -0.3 is 20.4 Å². The Labute approximate surface area is 206 Å². The van der Waals surface area contributed by atoms with E-state index in [4.69, 9.17) is 0 Å². The van der Waals surface area contributed by atoms with Crippen LogP contribution in [0.3, 0.4) is 0 Å². The molecule has 0 aromatic carbocycles. The SMILES string of the molecule is CC1(C)CC2=C3C=C[C@@H]4[C@@]5(C)CC[C@@H](O)[C@@](C)(CO)[C@H]5CC[C@@]4(C)[C@]3(C)CC[C@@]2(CO)[C@H](O)C1. The highest BCUT2D eigenvalue weighted by molar-refractivity contribution is 5.46. The third kappa shape index (κ3) is 2.86. The van der Waals surface area contributed by atoms with Crippen LogP contribution in [0.4, 0.5) is 0 Å². The van der Waals surface area contributed by atoms with E-state index in [0.29, 0.717) is 11.8 Å². The summed E-state index contributed by atoms with van der Waals surface area (Å²) in [6.45, 7) is 14.1. The zero-order valence-electron chi connectivity index (χ0n) is 22.3. The summed E-state index contributed by atoms with van der Waals surface area (Å²) >= 11 is 0. The summed E-state index contributed by atoms with van der Waals surface area (Å²) in [5.41, 5.74) is 1.89. The van der Waals surface area contributed by atoms with Gasteiger partial charge in [0.25, 0.3) is 0 Å². The zero-order valence-corrected chi connectivity index (χ0v) is 22.3. The van der Waals surface area contributed by atoms with Gasteiger partial charge in [0, 0.05) is 10.8 Å². The molecule has 4 heteroatoms. The van der Waals surface area contributed by atoms with Gasteiger partial charge >= 0.3 is 0 Å². The van der Waals surface area contributed by atoms with Crippen LogP contribution in [0.1, 0.15) is 92.9 Å². The second kappa shape index (κ2) is 7.43. The van der Waals surface area contributed by atoms with Gasteiger partial charge in [0.15, 0.2) is 0 Å². The largest absolute Gasteiger partial charge is 0.396 e. The van der Waals surface area contributed by atoms with Gasteiger partial charge in [-0.1, -0.05) is 59.3 Å². The molecular weight excluding hydrogens is 424 g/mol. The number of hydrogen-bond acceptors (Lipinski definition) is 4. The van der Waals surface area contributed by atoms with E-state index in [-0.39, 0.29) is 34.9 Å². The number of fused-ring (bicyclic) bond motifs is 6. The van der Waals surface area contributed by atoms with Gasteiger partial charge in [-0.25, -0.2) is 0 Å². The first-order valence-electron chi connectivity index (χ1n) is 13.7. The van der Waals surface area contributed by atoms with E-state index in [9.17, 15) is 20.4 Å². The van der Waals surface area contributed by atoms with Gasteiger partial charge in [0.2, 0.25) is 0 Å². The molecule has 0 heterocycles. The molecule has 0 saturated heterocycles. The summed E-state index contributed by atoms with van der Waals surface area (Å²) in [4.78, 5) is 0. The molecule has 0 radical (unpaired) electrons. The Kier molecular flexibility index (Phi) is 5.46. The van der Waals surface area contributed by atoms with Crippen LogP contribution in [0, 0.1) is 44.3 Å². The minimum atomic E-state index is -0.497. The summed E-state index contributed by atoms with van der Waals surface area (Å²) in [5.74, 6) is 0.680. The Bertz CT molecular complexity index is 921.